The number of nitrogens with zero attached hydrogens (tertiary/aromatic N) is 2. The molecule has 0 atom stereocenters. The minimum Gasteiger partial charge on any atom is -0.346 e. The van der Waals surface area contributed by atoms with Gasteiger partial charge in [-0.25, -0.2) is 9.78 Å². The average molecular weight is 379 g/mol. The van der Waals surface area contributed by atoms with Gasteiger partial charge in [-0.2, -0.15) is 26.3 Å². The topological polar surface area (TPSA) is 75.6 Å². The van der Waals surface area contributed by atoms with Gasteiger partial charge < -0.3 is 4.84 Å². The largest absolute Gasteiger partial charge is 0.461 e. The van der Waals surface area contributed by atoms with Gasteiger partial charge in [0.05, 0.1) is 0 Å². The number of alkyl halides is 6. The highest BCUT2D eigenvalue weighted by Gasteiger charge is 2.76. The van der Waals surface area contributed by atoms with Crippen molar-refractivity contribution in [2.75, 3.05) is 5.32 Å². The first-order valence-corrected chi connectivity index (χ1v) is 6.29. The second kappa shape index (κ2) is 7.11. The van der Waals surface area contributed by atoms with E-state index in [1.165, 1.54) is 12.1 Å². The number of carbonyl (C=O) groups excluding carboxylic acids is 1. The van der Waals surface area contributed by atoms with Crippen molar-refractivity contribution < 1.29 is 36.0 Å². The van der Waals surface area contributed by atoms with Gasteiger partial charge in [0.25, 0.3) is 0 Å². The SMILES string of the molecule is C/C(Cl)=N\OC(NC(=O)Nc1ccccn1)(C(F)(F)F)C(F)(F)F. The Morgan fingerprint density at radius 1 is 1.21 bits per heavy atom. The molecular formula is C11H9ClF6N4O2. The first-order chi connectivity index (χ1) is 10.9. The summed E-state index contributed by atoms with van der Waals surface area (Å²) in [6.45, 7) is 0.882. The van der Waals surface area contributed by atoms with Crippen molar-refractivity contribution >= 4 is 28.6 Å². The number of urea groups is 1. The highest BCUT2D eigenvalue weighted by atomic mass is 35.5. The van der Waals surface area contributed by atoms with E-state index in [0.29, 0.717) is 5.32 Å². The minimum absolute atomic E-state index is 0.287. The van der Waals surface area contributed by atoms with Crippen molar-refractivity contribution in [2.45, 2.75) is 25.0 Å². The number of pyridine rings is 1. The van der Waals surface area contributed by atoms with Crippen LogP contribution in [0.4, 0.5) is 37.0 Å². The number of amides is 2. The van der Waals surface area contributed by atoms with E-state index in [0.717, 1.165) is 19.2 Å². The van der Waals surface area contributed by atoms with E-state index in [1.807, 2.05) is 0 Å². The molecular weight excluding hydrogens is 370 g/mol. The molecule has 0 radical (unpaired) electrons. The van der Waals surface area contributed by atoms with Crippen molar-refractivity contribution in [1.82, 2.24) is 10.3 Å². The molecule has 0 unspecified atom stereocenters. The van der Waals surface area contributed by atoms with Gasteiger partial charge in [0.1, 0.15) is 11.0 Å². The first kappa shape index (κ1) is 19.8. The number of carbonyl (C=O) groups is 1. The van der Waals surface area contributed by atoms with Crippen molar-refractivity contribution in [1.29, 1.82) is 0 Å². The third-order valence-electron chi connectivity index (χ3n) is 2.30. The number of hydrogen-bond acceptors (Lipinski definition) is 4. The monoisotopic (exact) mass is 378 g/mol. The fraction of sp³-hybridized carbons (Fsp3) is 0.364. The van der Waals surface area contributed by atoms with Gasteiger partial charge in [0.15, 0.2) is 0 Å². The number of rotatable bonds is 4. The van der Waals surface area contributed by atoms with Gasteiger partial charge in [-0.3, -0.25) is 10.6 Å². The summed E-state index contributed by atoms with van der Waals surface area (Å²) in [4.78, 5) is 18.6. The van der Waals surface area contributed by atoms with E-state index >= 15 is 0 Å². The van der Waals surface area contributed by atoms with Crippen molar-refractivity contribution in [3.05, 3.63) is 24.4 Å². The summed E-state index contributed by atoms with van der Waals surface area (Å²) in [6.07, 6.45) is -11.0. The molecule has 1 aromatic rings. The molecule has 0 aliphatic rings. The van der Waals surface area contributed by atoms with E-state index < -0.39 is 29.3 Å². The van der Waals surface area contributed by atoms with E-state index in [-0.39, 0.29) is 5.82 Å². The zero-order chi connectivity index (χ0) is 18.6. The smallest absolute Gasteiger partial charge is 0.346 e. The maximum absolute atomic E-state index is 13.0. The highest BCUT2D eigenvalue weighted by Crippen LogP contribution is 2.44. The summed E-state index contributed by atoms with van der Waals surface area (Å²) in [5, 5.41) is 4.12. The number of oxime groups is 1. The molecule has 0 aliphatic heterocycles. The maximum atomic E-state index is 13.0. The van der Waals surface area contributed by atoms with Gasteiger partial charge >= 0.3 is 24.1 Å². The molecule has 2 amide bonds. The van der Waals surface area contributed by atoms with Gasteiger partial charge in [0, 0.05) is 6.20 Å². The molecule has 0 aliphatic carbocycles. The number of aromatic nitrogens is 1. The average Bonchev–Trinajstić information content (AvgIpc) is 2.41. The first-order valence-electron chi connectivity index (χ1n) is 5.91. The molecule has 6 nitrogen and oxygen atoms in total. The molecule has 1 heterocycles. The summed E-state index contributed by atoms with van der Waals surface area (Å²) >= 11 is 5.10. The summed E-state index contributed by atoms with van der Waals surface area (Å²) in [5.41, 5.74) is -5.10. The van der Waals surface area contributed by atoms with Crippen LogP contribution in [0.15, 0.2) is 29.6 Å². The molecule has 13 heteroatoms. The Morgan fingerprint density at radius 2 is 1.79 bits per heavy atom. The molecule has 0 saturated carbocycles. The van der Waals surface area contributed by atoms with Gasteiger partial charge in [-0.1, -0.05) is 22.8 Å². The normalized spacial score (nSPS) is 13.4. The third kappa shape index (κ3) is 4.63. The highest BCUT2D eigenvalue weighted by molar-refractivity contribution is 6.64. The van der Waals surface area contributed by atoms with Crippen LogP contribution >= 0.6 is 11.6 Å². The molecule has 0 bridgehead atoms. The lowest BCUT2D eigenvalue weighted by molar-refractivity contribution is -0.388. The molecule has 0 aromatic carbocycles. The summed E-state index contributed by atoms with van der Waals surface area (Å²) in [7, 11) is 0. The Labute approximate surface area is 135 Å². The number of hydrogen-bond donors (Lipinski definition) is 2. The lowest BCUT2D eigenvalue weighted by Gasteiger charge is -2.34. The summed E-state index contributed by atoms with van der Waals surface area (Å²) in [6, 6.07) is 2.04. The van der Waals surface area contributed by atoms with Crippen molar-refractivity contribution in [3.8, 4) is 0 Å². The lowest BCUT2D eigenvalue weighted by Crippen LogP contribution is -2.69. The Hall–Kier alpha value is -2.24. The summed E-state index contributed by atoms with van der Waals surface area (Å²) in [5.74, 6) is -0.287. The predicted octanol–water partition coefficient (Wildman–Crippen LogP) is 3.61. The van der Waals surface area contributed by atoms with E-state index in [4.69, 9.17) is 11.6 Å². The van der Waals surface area contributed by atoms with Gasteiger partial charge in [0.2, 0.25) is 0 Å². The minimum atomic E-state index is -6.09. The van der Waals surface area contributed by atoms with Gasteiger partial charge in [-0.15, -0.1) is 0 Å². The fourth-order valence-corrected chi connectivity index (χ4v) is 1.34. The standard InChI is InChI=1S/C11H9ClF6N4O2/c1-6(12)22-24-9(10(13,14)15,11(16,17)18)21-8(23)20-7-4-2-3-5-19-7/h2-5H,1H3,(H2,19,20,21,23)/b22-6+. The Kier molecular flexibility index (Phi) is 5.87. The van der Waals surface area contributed by atoms with E-state index in [1.54, 1.807) is 5.32 Å². The Morgan fingerprint density at radius 3 is 2.21 bits per heavy atom. The molecule has 24 heavy (non-hydrogen) atoms. The van der Waals surface area contributed by atoms with E-state index in [2.05, 4.69) is 15.0 Å². The second-order valence-corrected chi connectivity index (χ2v) is 4.70. The number of halogens is 7. The van der Waals surface area contributed by atoms with Crippen molar-refractivity contribution in [3.63, 3.8) is 0 Å². The maximum Gasteiger partial charge on any atom is 0.461 e. The van der Waals surface area contributed by atoms with Crippen LogP contribution in [0.2, 0.25) is 0 Å². The Bertz CT molecular complexity index is 587. The zero-order valence-corrected chi connectivity index (χ0v) is 12.4. The molecule has 0 saturated heterocycles. The molecule has 2 N–H and O–H groups in total. The number of nitrogens with one attached hydrogen (secondary N) is 2. The second-order valence-electron chi connectivity index (χ2n) is 4.15. The Balaban J connectivity index is 3.16. The molecule has 0 spiro atoms. The summed E-state index contributed by atoms with van der Waals surface area (Å²) < 4.78 is 78.0. The fourth-order valence-electron chi connectivity index (χ4n) is 1.30. The van der Waals surface area contributed by atoms with Crippen LogP contribution in [0, 0.1) is 0 Å². The molecule has 1 aromatic heterocycles. The van der Waals surface area contributed by atoms with Crippen LogP contribution in [0.1, 0.15) is 6.92 Å². The van der Waals surface area contributed by atoms with Crippen LogP contribution in [-0.4, -0.2) is 34.3 Å². The van der Waals surface area contributed by atoms with Crippen LogP contribution in [0.25, 0.3) is 0 Å². The van der Waals surface area contributed by atoms with E-state index in [9.17, 15) is 31.1 Å². The molecule has 1 rings (SSSR count). The zero-order valence-electron chi connectivity index (χ0n) is 11.7. The van der Waals surface area contributed by atoms with Crippen LogP contribution in [0.3, 0.4) is 0 Å². The van der Waals surface area contributed by atoms with Crippen LogP contribution in [0.5, 0.6) is 0 Å². The van der Waals surface area contributed by atoms with Crippen LogP contribution < -0.4 is 10.6 Å². The van der Waals surface area contributed by atoms with Crippen LogP contribution in [-0.2, 0) is 4.84 Å². The molecule has 134 valence electrons. The third-order valence-corrected chi connectivity index (χ3v) is 2.37. The number of anilines is 1. The lowest BCUT2D eigenvalue weighted by atomic mass is 10.2. The quantitative estimate of drug-likeness (QED) is 0.364. The predicted molar refractivity (Wildman–Crippen MR) is 71.3 cm³/mol. The van der Waals surface area contributed by atoms with Gasteiger partial charge in [-0.05, 0) is 19.1 Å². The molecule has 0 fully saturated rings. The van der Waals surface area contributed by atoms with Crippen molar-refractivity contribution in [2.24, 2.45) is 5.16 Å².